The average Bonchev–Trinajstić information content (AvgIpc) is 2.92. The van der Waals surface area contributed by atoms with E-state index in [1.165, 1.54) is 7.11 Å². The van der Waals surface area contributed by atoms with Gasteiger partial charge in [-0.2, -0.15) is 0 Å². The SMILES string of the molecule is COC(=O)CC(C)(C)CC(=O)Nc1cccc(-c2nc(C)cs2)c1. The first-order chi connectivity index (χ1) is 11.3. The van der Waals surface area contributed by atoms with Crippen molar-refractivity contribution in [2.75, 3.05) is 12.4 Å². The number of benzene rings is 1. The van der Waals surface area contributed by atoms with Gasteiger partial charge in [-0.3, -0.25) is 9.59 Å². The second-order valence-corrected chi connectivity index (χ2v) is 7.38. The Bertz CT molecular complexity index is 737. The van der Waals surface area contributed by atoms with Crippen molar-refractivity contribution in [2.24, 2.45) is 5.41 Å². The van der Waals surface area contributed by atoms with E-state index in [4.69, 9.17) is 0 Å². The van der Waals surface area contributed by atoms with E-state index in [9.17, 15) is 9.59 Å². The molecule has 0 aliphatic carbocycles. The summed E-state index contributed by atoms with van der Waals surface area (Å²) < 4.78 is 4.68. The van der Waals surface area contributed by atoms with Crippen molar-refractivity contribution in [2.45, 2.75) is 33.6 Å². The molecule has 0 spiro atoms. The lowest BCUT2D eigenvalue weighted by Crippen LogP contribution is -2.25. The summed E-state index contributed by atoms with van der Waals surface area (Å²) >= 11 is 1.57. The topological polar surface area (TPSA) is 68.3 Å². The lowest BCUT2D eigenvalue weighted by Gasteiger charge is -2.22. The first kappa shape index (κ1) is 18.1. The second kappa shape index (κ2) is 7.57. The smallest absolute Gasteiger partial charge is 0.306 e. The summed E-state index contributed by atoms with van der Waals surface area (Å²) in [6.07, 6.45) is 0.442. The summed E-state index contributed by atoms with van der Waals surface area (Å²) in [7, 11) is 1.35. The molecule has 1 amide bonds. The molecule has 0 saturated heterocycles. The van der Waals surface area contributed by atoms with E-state index in [1.807, 2.05) is 50.4 Å². The van der Waals surface area contributed by atoms with Crippen molar-refractivity contribution in [3.63, 3.8) is 0 Å². The van der Waals surface area contributed by atoms with Crippen molar-refractivity contribution in [3.8, 4) is 10.6 Å². The summed E-state index contributed by atoms with van der Waals surface area (Å²) in [5, 5.41) is 5.81. The largest absolute Gasteiger partial charge is 0.469 e. The van der Waals surface area contributed by atoms with Crippen LogP contribution < -0.4 is 5.32 Å². The first-order valence-electron chi connectivity index (χ1n) is 7.68. The van der Waals surface area contributed by atoms with E-state index >= 15 is 0 Å². The number of ether oxygens (including phenoxy) is 1. The molecular formula is C18H22N2O3S. The molecule has 1 aromatic heterocycles. The highest BCUT2D eigenvalue weighted by Gasteiger charge is 2.26. The van der Waals surface area contributed by atoms with Crippen LogP contribution in [0, 0.1) is 12.3 Å². The van der Waals surface area contributed by atoms with Crippen molar-refractivity contribution < 1.29 is 14.3 Å². The Balaban J connectivity index is 2.03. The molecule has 0 bridgehead atoms. The molecule has 1 heterocycles. The van der Waals surface area contributed by atoms with Crippen molar-refractivity contribution in [1.82, 2.24) is 4.98 Å². The van der Waals surface area contributed by atoms with Gasteiger partial charge in [0.05, 0.1) is 13.5 Å². The van der Waals surface area contributed by atoms with Gasteiger partial charge >= 0.3 is 5.97 Å². The van der Waals surface area contributed by atoms with Crippen LogP contribution in [0.4, 0.5) is 5.69 Å². The number of carbonyl (C=O) groups excluding carboxylic acids is 2. The molecule has 2 rings (SSSR count). The highest BCUT2D eigenvalue weighted by molar-refractivity contribution is 7.13. The number of esters is 1. The van der Waals surface area contributed by atoms with Gasteiger partial charge in [-0.05, 0) is 24.5 Å². The maximum Gasteiger partial charge on any atom is 0.306 e. The molecule has 0 fully saturated rings. The minimum atomic E-state index is -0.457. The Hall–Kier alpha value is -2.21. The Morgan fingerprint density at radius 2 is 2.04 bits per heavy atom. The van der Waals surface area contributed by atoms with Gasteiger partial charge in [0.1, 0.15) is 5.01 Å². The van der Waals surface area contributed by atoms with E-state index in [1.54, 1.807) is 11.3 Å². The van der Waals surface area contributed by atoms with E-state index in [0.717, 1.165) is 22.0 Å². The second-order valence-electron chi connectivity index (χ2n) is 6.52. The molecule has 128 valence electrons. The maximum atomic E-state index is 12.3. The van der Waals surface area contributed by atoms with Crippen LogP contribution in [0.15, 0.2) is 29.6 Å². The number of amides is 1. The van der Waals surface area contributed by atoms with Gasteiger partial charge in [-0.25, -0.2) is 4.98 Å². The zero-order valence-corrected chi connectivity index (χ0v) is 15.2. The van der Waals surface area contributed by atoms with Crippen LogP contribution in [0.2, 0.25) is 0 Å². The number of aromatic nitrogens is 1. The third kappa shape index (κ3) is 5.16. The molecule has 1 aromatic carbocycles. The molecular weight excluding hydrogens is 324 g/mol. The molecule has 6 heteroatoms. The predicted octanol–water partition coefficient (Wildman–Crippen LogP) is 4.04. The number of hydrogen-bond donors (Lipinski definition) is 1. The van der Waals surface area contributed by atoms with Crippen LogP contribution in [0.3, 0.4) is 0 Å². The van der Waals surface area contributed by atoms with Gasteiger partial charge in [-0.15, -0.1) is 11.3 Å². The Kier molecular flexibility index (Phi) is 5.72. The molecule has 5 nitrogen and oxygen atoms in total. The van der Waals surface area contributed by atoms with Crippen molar-refractivity contribution in [3.05, 3.63) is 35.3 Å². The van der Waals surface area contributed by atoms with Crippen LogP contribution in [0.5, 0.6) is 0 Å². The van der Waals surface area contributed by atoms with Gasteiger partial charge in [0.25, 0.3) is 0 Å². The molecule has 0 atom stereocenters. The number of carbonyl (C=O) groups is 2. The lowest BCUT2D eigenvalue weighted by atomic mass is 9.85. The fraction of sp³-hybridized carbons (Fsp3) is 0.389. The van der Waals surface area contributed by atoms with Crippen LogP contribution in [-0.2, 0) is 14.3 Å². The summed E-state index contributed by atoms with van der Waals surface area (Å²) in [6.45, 7) is 5.70. The van der Waals surface area contributed by atoms with Gasteiger partial charge < -0.3 is 10.1 Å². The van der Waals surface area contributed by atoms with E-state index in [2.05, 4.69) is 15.0 Å². The lowest BCUT2D eigenvalue weighted by molar-refractivity contribution is -0.143. The standard InChI is InChI=1S/C18H22N2O3S/c1-12-11-24-17(19-12)13-6-5-7-14(8-13)20-15(21)9-18(2,3)10-16(22)23-4/h5-8,11H,9-10H2,1-4H3,(H,20,21). The number of nitrogens with zero attached hydrogens (tertiary/aromatic N) is 1. The Morgan fingerprint density at radius 1 is 1.29 bits per heavy atom. The number of methoxy groups -OCH3 is 1. The van der Waals surface area contributed by atoms with E-state index < -0.39 is 5.41 Å². The monoisotopic (exact) mass is 346 g/mol. The number of rotatable bonds is 6. The number of anilines is 1. The number of aryl methyl sites for hydroxylation is 1. The Morgan fingerprint density at radius 3 is 2.67 bits per heavy atom. The normalized spacial score (nSPS) is 11.2. The van der Waals surface area contributed by atoms with Gasteiger partial charge in [0.15, 0.2) is 0 Å². The number of nitrogens with one attached hydrogen (secondary N) is 1. The van der Waals surface area contributed by atoms with Crippen molar-refractivity contribution >= 4 is 28.9 Å². The minimum Gasteiger partial charge on any atom is -0.469 e. The molecule has 1 N–H and O–H groups in total. The van der Waals surface area contributed by atoms with Gasteiger partial charge in [0, 0.05) is 28.7 Å². The summed E-state index contributed by atoms with van der Waals surface area (Å²) in [4.78, 5) is 28.1. The van der Waals surface area contributed by atoms with E-state index in [-0.39, 0.29) is 24.7 Å². The zero-order valence-electron chi connectivity index (χ0n) is 14.4. The maximum absolute atomic E-state index is 12.3. The van der Waals surface area contributed by atoms with Crippen molar-refractivity contribution in [1.29, 1.82) is 0 Å². The molecule has 0 unspecified atom stereocenters. The third-order valence-corrected chi connectivity index (χ3v) is 4.51. The molecule has 2 aromatic rings. The first-order valence-corrected chi connectivity index (χ1v) is 8.56. The average molecular weight is 346 g/mol. The van der Waals surface area contributed by atoms with Gasteiger partial charge in [-0.1, -0.05) is 26.0 Å². The number of thiazole rings is 1. The third-order valence-electron chi connectivity index (χ3n) is 3.50. The van der Waals surface area contributed by atoms with Gasteiger partial charge in [0.2, 0.25) is 5.91 Å². The molecule has 0 aliphatic rings. The molecule has 0 aliphatic heterocycles. The highest BCUT2D eigenvalue weighted by Crippen LogP contribution is 2.28. The molecule has 0 radical (unpaired) electrons. The molecule has 24 heavy (non-hydrogen) atoms. The van der Waals surface area contributed by atoms with Crippen LogP contribution in [0.25, 0.3) is 10.6 Å². The fourth-order valence-electron chi connectivity index (χ4n) is 2.38. The zero-order chi connectivity index (χ0) is 17.7. The van der Waals surface area contributed by atoms with Crippen LogP contribution >= 0.6 is 11.3 Å². The highest BCUT2D eigenvalue weighted by atomic mass is 32.1. The van der Waals surface area contributed by atoms with Crippen LogP contribution in [-0.4, -0.2) is 24.0 Å². The Labute approximate surface area is 146 Å². The fourth-order valence-corrected chi connectivity index (χ4v) is 3.18. The minimum absolute atomic E-state index is 0.128. The summed E-state index contributed by atoms with van der Waals surface area (Å²) in [6, 6.07) is 7.61. The van der Waals surface area contributed by atoms with E-state index in [0.29, 0.717) is 0 Å². The predicted molar refractivity (Wildman–Crippen MR) is 95.9 cm³/mol. The quantitative estimate of drug-likeness (QED) is 0.802. The molecule has 0 saturated carbocycles. The number of hydrogen-bond acceptors (Lipinski definition) is 5. The van der Waals surface area contributed by atoms with Crippen LogP contribution in [0.1, 0.15) is 32.4 Å². The summed E-state index contributed by atoms with van der Waals surface area (Å²) in [5.74, 6) is -0.440. The summed E-state index contributed by atoms with van der Waals surface area (Å²) in [5.41, 5.74) is 2.22.